The summed E-state index contributed by atoms with van der Waals surface area (Å²) in [5.41, 5.74) is 1.93. The first-order valence-electron chi connectivity index (χ1n) is 8.68. The predicted octanol–water partition coefficient (Wildman–Crippen LogP) is 2.50. The van der Waals surface area contributed by atoms with Crippen LogP contribution in [0.3, 0.4) is 0 Å². The number of carbonyl (C=O) groups is 2. The molecule has 2 aromatic rings. The fraction of sp³-hybridized carbons (Fsp3) is 0.474. The highest BCUT2D eigenvalue weighted by molar-refractivity contribution is 6.05. The fourth-order valence-corrected chi connectivity index (χ4v) is 4.40. The molecule has 2 aliphatic rings. The number of ketones is 1. The van der Waals surface area contributed by atoms with Crippen molar-refractivity contribution >= 4 is 17.2 Å². The summed E-state index contributed by atoms with van der Waals surface area (Å²) in [6.07, 6.45) is 6.33. The number of rotatable bonds is 3. The molecule has 2 fully saturated rings. The highest BCUT2D eigenvalue weighted by Crippen LogP contribution is 2.34. The van der Waals surface area contributed by atoms with Gasteiger partial charge in [0.1, 0.15) is 0 Å². The summed E-state index contributed by atoms with van der Waals surface area (Å²) < 4.78 is 1.80. The molecular weight excluding hydrogens is 302 g/mol. The number of carbonyl (C=O) groups excluding carboxylic acids is 2. The molecule has 2 saturated heterocycles. The molecule has 0 radical (unpaired) electrons. The maximum Gasteiger partial charge on any atom is 0.253 e. The minimum Gasteiger partial charge on any atom is -0.349 e. The van der Waals surface area contributed by atoms with E-state index in [1.807, 2.05) is 24.4 Å². The van der Waals surface area contributed by atoms with Crippen molar-refractivity contribution in [3.63, 3.8) is 0 Å². The highest BCUT2D eigenvalue weighted by atomic mass is 16.2. The summed E-state index contributed by atoms with van der Waals surface area (Å²) in [6, 6.07) is 8.78. The first kappa shape index (κ1) is 15.4. The third kappa shape index (κ3) is 2.44. The number of hydrogen-bond donors (Lipinski definition) is 1. The van der Waals surface area contributed by atoms with Crippen molar-refractivity contribution in [3.8, 4) is 0 Å². The number of nitrogens with zero attached hydrogens (tertiary/aromatic N) is 2. The van der Waals surface area contributed by atoms with E-state index in [9.17, 15) is 9.59 Å². The van der Waals surface area contributed by atoms with Crippen LogP contribution in [0.5, 0.6) is 0 Å². The van der Waals surface area contributed by atoms with Crippen molar-refractivity contribution in [2.75, 3.05) is 7.05 Å². The van der Waals surface area contributed by atoms with Gasteiger partial charge in [0.15, 0.2) is 5.78 Å². The highest BCUT2D eigenvalue weighted by Gasteiger charge is 2.39. The normalized spacial score (nSPS) is 26.7. The standard InChI is InChI=1S/C19H23N3O2/c1-12(23)18-11-16(17-5-3-4-8-22(17)18)19(24)20-13-9-14-6-7-15(10-13)21(14)2/h3-5,8,11,13-15H,6-7,9-10H2,1-2H3,(H,20,24). The number of fused-ring (bicyclic) bond motifs is 3. The molecule has 2 aromatic heterocycles. The third-order valence-corrected chi connectivity index (χ3v) is 5.72. The van der Waals surface area contributed by atoms with Crippen LogP contribution in [-0.2, 0) is 0 Å². The maximum absolute atomic E-state index is 12.8. The Kier molecular flexibility index (Phi) is 3.68. The van der Waals surface area contributed by atoms with Crippen molar-refractivity contribution in [1.29, 1.82) is 0 Å². The molecule has 2 atom stereocenters. The molecule has 0 aromatic carbocycles. The molecule has 2 unspecified atom stereocenters. The number of amides is 1. The Morgan fingerprint density at radius 3 is 2.54 bits per heavy atom. The van der Waals surface area contributed by atoms with Crippen molar-refractivity contribution < 1.29 is 9.59 Å². The molecule has 2 aliphatic heterocycles. The second-order valence-corrected chi connectivity index (χ2v) is 7.15. The Bertz CT molecular complexity index is 796. The minimum atomic E-state index is -0.0693. The van der Waals surface area contributed by atoms with Gasteiger partial charge in [-0.1, -0.05) is 6.07 Å². The van der Waals surface area contributed by atoms with Crippen molar-refractivity contribution in [2.24, 2.45) is 0 Å². The lowest BCUT2D eigenvalue weighted by molar-refractivity contribution is 0.0884. The summed E-state index contributed by atoms with van der Waals surface area (Å²) in [5.74, 6) is -0.104. The van der Waals surface area contributed by atoms with Gasteiger partial charge in [-0.05, 0) is 50.9 Å². The van der Waals surface area contributed by atoms with Crippen LogP contribution in [-0.4, -0.2) is 46.2 Å². The molecule has 2 bridgehead atoms. The van der Waals surface area contributed by atoms with Gasteiger partial charge < -0.3 is 14.6 Å². The van der Waals surface area contributed by atoms with E-state index >= 15 is 0 Å². The second-order valence-electron chi connectivity index (χ2n) is 7.15. The molecule has 4 heterocycles. The van der Waals surface area contributed by atoms with E-state index in [-0.39, 0.29) is 17.7 Å². The van der Waals surface area contributed by atoms with Gasteiger partial charge >= 0.3 is 0 Å². The van der Waals surface area contributed by atoms with Gasteiger partial charge in [0.05, 0.1) is 16.8 Å². The van der Waals surface area contributed by atoms with E-state index in [0.717, 1.165) is 18.4 Å². The fourth-order valence-electron chi connectivity index (χ4n) is 4.40. The van der Waals surface area contributed by atoms with Crippen LogP contribution in [0.15, 0.2) is 30.5 Å². The van der Waals surface area contributed by atoms with Crippen LogP contribution in [0.2, 0.25) is 0 Å². The zero-order valence-electron chi connectivity index (χ0n) is 14.2. The molecule has 24 heavy (non-hydrogen) atoms. The van der Waals surface area contributed by atoms with Crippen LogP contribution in [0.1, 0.15) is 53.5 Å². The summed E-state index contributed by atoms with van der Waals surface area (Å²) in [4.78, 5) is 27.1. The van der Waals surface area contributed by atoms with E-state index in [1.54, 1.807) is 10.5 Å². The monoisotopic (exact) mass is 325 g/mol. The summed E-state index contributed by atoms with van der Waals surface area (Å²) >= 11 is 0. The zero-order valence-corrected chi connectivity index (χ0v) is 14.2. The number of aromatic nitrogens is 1. The van der Waals surface area contributed by atoms with Crippen LogP contribution in [0, 0.1) is 0 Å². The average Bonchev–Trinajstić information content (AvgIpc) is 3.02. The topological polar surface area (TPSA) is 53.8 Å². The van der Waals surface area contributed by atoms with Gasteiger partial charge in [0.2, 0.25) is 0 Å². The molecule has 5 heteroatoms. The molecule has 4 rings (SSSR count). The quantitative estimate of drug-likeness (QED) is 0.882. The number of nitrogens with one attached hydrogen (secondary N) is 1. The lowest BCUT2D eigenvalue weighted by Gasteiger charge is -2.36. The number of pyridine rings is 1. The van der Waals surface area contributed by atoms with Gasteiger partial charge in [-0.3, -0.25) is 9.59 Å². The van der Waals surface area contributed by atoms with E-state index in [0.29, 0.717) is 23.3 Å². The number of Topliss-reactive ketones (excluding diaryl/α,β-unsaturated/α-hetero) is 1. The number of piperidine rings is 1. The van der Waals surface area contributed by atoms with Crippen LogP contribution in [0.4, 0.5) is 0 Å². The largest absolute Gasteiger partial charge is 0.349 e. The van der Waals surface area contributed by atoms with E-state index in [2.05, 4.69) is 17.3 Å². The van der Waals surface area contributed by atoms with Crippen LogP contribution < -0.4 is 5.32 Å². The van der Waals surface area contributed by atoms with E-state index in [1.165, 1.54) is 19.8 Å². The Balaban J connectivity index is 1.59. The minimum absolute atomic E-state index is 0.0346. The van der Waals surface area contributed by atoms with Gasteiger partial charge in [-0.2, -0.15) is 0 Å². The summed E-state index contributed by atoms with van der Waals surface area (Å²) in [5, 5.41) is 3.21. The smallest absolute Gasteiger partial charge is 0.253 e. The van der Waals surface area contributed by atoms with Gasteiger partial charge in [-0.25, -0.2) is 0 Å². The second kappa shape index (κ2) is 5.74. The van der Waals surface area contributed by atoms with Crippen LogP contribution >= 0.6 is 0 Å². The van der Waals surface area contributed by atoms with Gasteiger partial charge in [-0.15, -0.1) is 0 Å². The van der Waals surface area contributed by atoms with E-state index in [4.69, 9.17) is 0 Å². The Morgan fingerprint density at radius 2 is 1.88 bits per heavy atom. The molecule has 0 saturated carbocycles. The maximum atomic E-state index is 12.8. The van der Waals surface area contributed by atoms with Crippen molar-refractivity contribution in [1.82, 2.24) is 14.6 Å². The molecule has 5 nitrogen and oxygen atoms in total. The first-order valence-corrected chi connectivity index (χ1v) is 8.68. The van der Waals surface area contributed by atoms with Gasteiger partial charge in [0, 0.05) is 31.2 Å². The molecule has 0 aliphatic carbocycles. The molecular formula is C19H23N3O2. The summed E-state index contributed by atoms with van der Waals surface area (Å²) in [7, 11) is 2.20. The summed E-state index contributed by atoms with van der Waals surface area (Å²) in [6.45, 7) is 1.53. The Labute approximate surface area is 141 Å². The molecule has 0 spiro atoms. The zero-order chi connectivity index (χ0) is 16.8. The lowest BCUT2D eigenvalue weighted by atomic mass is 9.97. The molecule has 126 valence electrons. The lowest BCUT2D eigenvalue weighted by Crippen LogP contribution is -2.48. The van der Waals surface area contributed by atoms with Gasteiger partial charge in [0.25, 0.3) is 5.91 Å². The van der Waals surface area contributed by atoms with E-state index < -0.39 is 0 Å². The Hall–Kier alpha value is -2.14. The van der Waals surface area contributed by atoms with Crippen molar-refractivity contribution in [2.45, 2.75) is 50.7 Å². The molecule has 1 amide bonds. The predicted molar refractivity (Wildman–Crippen MR) is 92.5 cm³/mol. The average molecular weight is 325 g/mol. The van der Waals surface area contributed by atoms with Crippen molar-refractivity contribution in [3.05, 3.63) is 41.7 Å². The first-order chi connectivity index (χ1) is 11.5. The Morgan fingerprint density at radius 1 is 1.17 bits per heavy atom. The SMILES string of the molecule is CC(=O)c1cc(C(=O)NC2CC3CCC(C2)N3C)c2ccccn12. The molecule has 1 N–H and O–H groups in total. The third-order valence-electron chi connectivity index (χ3n) is 5.72. The number of hydrogen-bond acceptors (Lipinski definition) is 3. The van der Waals surface area contributed by atoms with Crippen LogP contribution in [0.25, 0.3) is 5.52 Å².